The molecule has 1 aromatic carbocycles. The average molecular weight is 418 g/mol. The first-order valence-electron chi connectivity index (χ1n) is 10.3. The molecule has 2 aliphatic heterocycles. The Kier molecular flexibility index (Phi) is 6.36. The van der Waals surface area contributed by atoms with Gasteiger partial charge in [0.1, 0.15) is 18.3 Å². The number of amides is 1. The minimum atomic E-state index is -0.963. The molecule has 1 unspecified atom stereocenters. The molecule has 30 heavy (non-hydrogen) atoms. The van der Waals surface area contributed by atoms with Crippen molar-refractivity contribution in [3.05, 3.63) is 41.0 Å². The van der Waals surface area contributed by atoms with Crippen molar-refractivity contribution in [3.8, 4) is 0 Å². The number of anilines is 1. The van der Waals surface area contributed by atoms with Gasteiger partial charge in [-0.1, -0.05) is 25.1 Å². The summed E-state index contributed by atoms with van der Waals surface area (Å²) in [5.41, 5.74) is 2.40. The monoisotopic (exact) mass is 417 g/mol. The number of carbonyl (C=O) groups is 2. The summed E-state index contributed by atoms with van der Waals surface area (Å²) in [5, 5.41) is 13.5. The number of hydrogen-bond donors (Lipinski definition) is 2. The number of esters is 1. The molecule has 0 aliphatic carbocycles. The predicted octanol–water partition coefficient (Wildman–Crippen LogP) is 3.26. The normalized spacial score (nSPS) is 33.0. The molecule has 0 spiro atoms. The summed E-state index contributed by atoms with van der Waals surface area (Å²) in [7, 11) is 0. The summed E-state index contributed by atoms with van der Waals surface area (Å²) in [5.74, 6) is -1.88. The van der Waals surface area contributed by atoms with Crippen LogP contribution in [-0.4, -0.2) is 47.2 Å². The summed E-state index contributed by atoms with van der Waals surface area (Å²) in [6.45, 7) is 10.9. The Morgan fingerprint density at radius 1 is 1.10 bits per heavy atom. The van der Waals surface area contributed by atoms with Gasteiger partial charge in [0, 0.05) is 5.92 Å². The Hall–Kier alpha value is -2.22. The van der Waals surface area contributed by atoms with E-state index in [1.165, 1.54) is 0 Å². The third kappa shape index (κ3) is 4.91. The maximum atomic E-state index is 12.9. The van der Waals surface area contributed by atoms with Gasteiger partial charge in [-0.05, 0) is 51.8 Å². The van der Waals surface area contributed by atoms with Crippen LogP contribution in [0.3, 0.4) is 0 Å². The Morgan fingerprint density at radius 2 is 1.80 bits per heavy atom. The number of cyclic esters (lactones) is 1. The van der Waals surface area contributed by atoms with Crippen LogP contribution in [0.5, 0.6) is 0 Å². The van der Waals surface area contributed by atoms with Crippen LogP contribution >= 0.6 is 0 Å². The molecule has 0 aromatic heterocycles. The number of aliphatic hydroxyl groups excluding tert-OH is 1. The number of fused-ring (bicyclic) bond motifs is 2. The zero-order valence-corrected chi connectivity index (χ0v) is 18.4. The number of benzene rings is 1. The molecule has 0 saturated carbocycles. The van der Waals surface area contributed by atoms with Gasteiger partial charge in [-0.2, -0.15) is 0 Å². The van der Waals surface area contributed by atoms with E-state index >= 15 is 0 Å². The quantitative estimate of drug-likeness (QED) is 0.497. The lowest BCUT2D eigenvalue weighted by molar-refractivity contribution is -0.153. The smallest absolute Gasteiger partial charge is 0.340 e. The fourth-order valence-corrected chi connectivity index (χ4v) is 3.92. The van der Waals surface area contributed by atoms with Crippen LogP contribution in [0.2, 0.25) is 0 Å². The van der Waals surface area contributed by atoms with Crippen LogP contribution in [0.25, 0.3) is 0 Å². The number of aliphatic hydroxyl groups is 1. The molecule has 1 saturated heterocycles. The van der Waals surface area contributed by atoms with Crippen molar-refractivity contribution in [2.24, 2.45) is 5.92 Å². The Labute approximate surface area is 177 Å². The molecular weight excluding hydrogens is 386 g/mol. The summed E-state index contributed by atoms with van der Waals surface area (Å²) in [4.78, 5) is 25.7. The summed E-state index contributed by atoms with van der Waals surface area (Å²) < 4.78 is 17.4. The van der Waals surface area contributed by atoms with E-state index in [0.29, 0.717) is 11.3 Å². The highest BCUT2D eigenvalue weighted by atomic mass is 16.8. The number of rotatable bonds is 0. The molecule has 7 heteroatoms. The van der Waals surface area contributed by atoms with Crippen molar-refractivity contribution in [2.75, 3.05) is 5.32 Å². The van der Waals surface area contributed by atoms with E-state index in [9.17, 15) is 14.7 Å². The number of hydrogen-bond acceptors (Lipinski definition) is 6. The van der Waals surface area contributed by atoms with E-state index in [0.717, 1.165) is 11.1 Å². The van der Waals surface area contributed by atoms with Gasteiger partial charge >= 0.3 is 5.97 Å². The lowest BCUT2D eigenvalue weighted by atomic mass is 9.99. The molecule has 1 amide bonds. The highest BCUT2D eigenvalue weighted by Crippen LogP contribution is 2.33. The van der Waals surface area contributed by atoms with E-state index in [1.807, 2.05) is 26.8 Å². The first-order chi connectivity index (χ1) is 14.0. The predicted molar refractivity (Wildman–Crippen MR) is 112 cm³/mol. The van der Waals surface area contributed by atoms with E-state index in [2.05, 4.69) is 5.32 Å². The van der Waals surface area contributed by atoms with E-state index in [4.69, 9.17) is 14.2 Å². The molecule has 5 atom stereocenters. The lowest BCUT2D eigenvalue weighted by Gasteiger charge is -2.23. The third-order valence-electron chi connectivity index (χ3n) is 5.55. The molecule has 164 valence electrons. The SMILES string of the molecule is Cc1cc(C)c2c(c1)NC(=O)C[C@H]1OC(C)(C)O[C@@H]1C(O)/C=C\[C@@H](C)[C@H](C)OC2=O. The minimum Gasteiger partial charge on any atom is -0.458 e. The molecule has 2 heterocycles. The number of carbonyl (C=O) groups excluding carboxylic acids is 2. The molecule has 7 nitrogen and oxygen atoms in total. The fourth-order valence-electron chi connectivity index (χ4n) is 3.92. The molecule has 2 aliphatic rings. The maximum absolute atomic E-state index is 12.9. The molecule has 1 fully saturated rings. The molecule has 0 radical (unpaired) electrons. The topological polar surface area (TPSA) is 94.1 Å². The van der Waals surface area contributed by atoms with E-state index in [1.54, 1.807) is 39.0 Å². The average Bonchev–Trinajstić information content (AvgIpc) is 2.91. The Balaban J connectivity index is 2.01. The second-order valence-electron chi connectivity index (χ2n) is 8.74. The molecular formula is C23H31NO6. The van der Waals surface area contributed by atoms with Crippen LogP contribution in [0, 0.1) is 19.8 Å². The van der Waals surface area contributed by atoms with E-state index < -0.39 is 36.2 Å². The zero-order valence-electron chi connectivity index (χ0n) is 18.4. The second kappa shape index (κ2) is 8.49. The zero-order chi connectivity index (χ0) is 22.2. The van der Waals surface area contributed by atoms with Crippen molar-refractivity contribution < 1.29 is 28.9 Å². The Morgan fingerprint density at radius 3 is 2.50 bits per heavy atom. The maximum Gasteiger partial charge on any atom is 0.340 e. The van der Waals surface area contributed by atoms with Gasteiger partial charge in [0.2, 0.25) is 5.91 Å². The minimum absolute atomic E-state index is 0.0214. The highest BCUT2D eigenvalue weighted by molar-refractivity contribution is 6.02. The van der Waals surface area contributed by atoms with Gasteiger partial charge < -0.3 is 24.6 Å². The van der Waals surface area contributed by atoms with Crippen molar-refractivity contribution in [3.63, 3.8) is 0 Å². The standard InChI is InChI=1S/C23H31NO6/c1-12-9-14(3)20-16(10-12)24-19(26)11-18-21(30-23(5,6)29-18)17(25)8-7-13(2)15(4)28-22(20)27/h7-10,13,15,17-18,21,25H,11H2,1-6H3,(H,24,26)/b8-7-/t13-,15+,17?,18-,21-/m1/s1. The second-order valence-corrected chi connectivity index (χ2v) is 8.74. The van der Waals surface area contributed by atoms with Crippen LogP contribution < -0.4 is 5.32 Å². The highest BCUT2D eigenvalue weighted by Gasteiger charge is 2.45. The molecule has 0 bridgehead atoms. The molecule has 2 N–H and O–H groups in total. The van der Waals surface area contributed by atoms with Crippen molar-refractivity contribution >= 4 is 17.6 Å². The number of aryl methyl sites for hydroxylation is 2. The molecule has 3 rings (SSSR count). The van der Waals surface area contributed by atoms with Crippen molar-refractivity contribution in [2.45, 2.75) is 78.2 Å². The van der Waals surface area contributed by atoms with Gasteiger partial charge in [0.05, 0.1) is 23.8 Å². The van der Waals surface area contributed by atoms with Gasteiger partial charge in [-0.25, -0.2) is 4.79 Å². The first kappa shape index (κ1) is 22.5. The third-order valence-corrected chi connectivity index (χ3v) is 5.55. The van der Waals surface area contributed by atoms with Gasteiger partial charge in [-0.3, -0.25) is 4.79 Å². The molecule has 1 aromatic rings. The Bertz CT molecular complexity index is 861. The fraction of sp³-hybridized carbons (Fsp3) is 0.565. The number of nitrogens with one attached hydrogen (secondary N) is 1. The van der Waals surface area contributed by atoms with Crippen LogP contribution in [0.15, 0.2) is 24.3 Å². The van der Waals surface area contributed by atoms with Crippen LogP contribution in [0.4, 0.5) is 5.69 Å². The van der Waals surface area contributed by atoms with Crippen molar-refractivity contribution in [1.82, 2.24) is 0 Å². The van der Waals surface area contributed by atoms with Crippen molar-refractivity contribution in [1.29, 1.82) is 0 Å². The summed E-state index contributed by atoms with van der Waals surface area (Å²) >= 11 is 0. The van der Waals surface area contributed by atoms with Crippen LogP contribution in [-0.2, 0) is 19.0 Å². The lowest BCUT2D eigenvalue weighted by Crippen LogP contribution is -2.37. The summed E-state index contributed by atoms with van der Waals surface area (Å²) in [6, 6.07) is 3.63. The largest absolute Gasteiger partial charge is 0.458 e. The first-order valence-corrected chi connectivity index (χ1v) is 10.3. The summed E-state index contributed by atoms with van der Waals surface area (Å²) in [6.07, 6.45) is 0.681. The van der Waals surface area contributed by atoms with Crippen LogP contribution in [0.1, 0.15) is 55.6 Å². The number of ether oxygens (including phenoxy) is 3. The van der Waals surface area contributed by atoms with E-state index in [-0.39, 0.29) is 18.2 Å². The van der Waals surface area contributed by atoms with Gasteiger partial charge in [0.15, 0.2) is 5.79 Å². The van der Waals surface area contributed by atoms with Gasteiger partial charge in [-0.15, -0.1) is 0 Å². The van der Waals surface area contributed by atoms with Gasteiger partial charge in [0.25, 0.3) is 0 Å².